The molecule has 0 saturated heterocycles. The molecule has 0 spiro atoms. The fraction of sp³-hybridized carbons (Fsp3) is 0.429. The molecule has 0 amide bonds. The molecule has 0 saturated carbocycles. The van der Waals surface area contributed by atoms with Crippen LogP contribution in [0.4, 0.5) is 0 Å². The Morgan fingerprint density at radius 2 is 2.56 bits per heavy atom. The zero-order chi connectivity index (χ0) is 6.69. The number of allylic oxidation sites excluding steroid dienone is 2. The van der Waals surface area contributed by atoms with Crippen molar-refractivity contribution in [1.29, 1.82) is 0 Å². The standard InChI is InChI=1S/C7H12N2/c1-2-6-4-3-5-9-7(6)8/h3-4,9H,2,5,8H2,1H3. The smallest absolute Gasteiger partial charge is 0.0995 e. The molecule has 1 aliphatic rings. The van der Waals surface area contributed by atoms with Gasteiger partial charge in [0.25, 0.3) is 0 Å². The van der Waals surface area contributed by atoms with Gasteiger partial charge in [-0.1, -0.05) is 19.1 Å². The minimum Gasteiger partial charge on any atom is -0.385 e. The lowest BCUT2D eigenvalue weighted by Crippen LogP contribution is -2.24. The van der Waals surface area contributed by atoms with Crippen molar-refractivity contribution in [2.24, 2.45) is 5.73 Å². The summed E-state index contributed by atoms with van der Waals surface area (Å²) in [5.74, 6) is 0.833. The van der Waals surface area contributed by atoms with Gasteiger partial charge in [0.2, 0.25) is 0 Å². The summed E-state index contributed by atoms with van der Waals surface area (Å²) in [5, 5.41) is 3.05. The maximum atomic E-state index is 5.61. The molecule has 1 heterocycles. The van der Waals surface area contributed by atoms with Gasteiger partial charge in [-0.2, -0.15) is 0 Å². The third kappa shape index (κ3) is 1.25. The first-order chi connectivity index (χ1) is 4.34. The van der Waals surface area contributed by atoms with Crippen LogP contribution in [-0.4, -0.2) is 6.54 Å². The van der Waals surface area contributed by atoms with E-state index in [1.54, 1.807) is 0 Å². The van der Waals surface area contributed by atoms with Crippen molar-refractivity contribution >= 4 is 0 Å². The summed E-state index contributed by atoms with van der Waals surface area (Å²) in [6.45, 7) is 2.97. The first-order valence-corrected chi connectivity index (χ1v) is 3.23. The van der Waals surface area contributed by atoms with Gasteiger partial charge in [-0.05, 0) is 12.0 Å². The SMILES string of the molecule is CCC1=C(N)NCC=C1. The summed E-state index contributed by atoms with van der Waals surface area (Å²) < 4.78 is 0. The average Bonchev–Trinajstić information content (AvgIpc) is 1.89. The van der Waals surface area contributed by atoms with Gasteiger partial charge in [-0.3, -0.25) is 0 Å². The van der Waals surface area contributed by atoms with Crippen molar-refractivity contribution in [3.8, 4) is 0 Å². The molecule has 2 nitrogen and oxygen atoms in total. The highest BCUT2D eigenvalue weighted by atomic mass is 15.0. The van der Waals surface area contributed by atoms with Gasteiger partial charge in [-0.25, -0.2) is 0 Å². The summed E-state index contributed by atoms with van der Waals surface area (Å²) in [7, 11) is 0. The molecule has 0 unspecified atom stereocenters. The highest BCUT2D eigenvalue weighted by Crippen LogP contribution is 2.06. The Labute approximate surface area is 55.4 Å². The molecule has 0 atom stereocenters. The van der Waals surface area contributed by atoms with Crippen LogP contribution in [0.2, 0.25) is 0 Å². The molecule has 3 N–H and O–H groups in total. The van der Waals surface area contributed by atoms with Crippen LogP contribution in [0.15, 0.2) is 23.5 Å². The van der Waals surface area contributed by atoms with Gasteiger partial charge in [-0.15, -0.1) is 0 Å². The van der Waals surface area contributed by atoms with E-state index in [4.69, 9.17) is 5.73 Å². The first kappa shape index (κ1) is 6.20. The van der Waals surface area contributed by atoms with Crippen molar-refractivity contribution in [1.82, 2.24) is 5.32 Å². The number of dihydropyridines is 1. The summed E-state index contributed by atoms with van der Waals surface area (Å²) in [6, 6.07) is 0. The molecule has 0 radical (unpaired) electrons. The van der Waals surface area contributed by atoms with E-state index in [9.17, 15) is 0 Å². The van der Waals surface area contributed by atoms with Crippen LogP contribution in [0.1, 0.15) is 13.3 Å². The van der Waals surface area contributed by atoms with E-state index in [0.717, 1.165) is 18.8 Å². The van der Waals surface area contributed by atoms with Crippen LogP contribution in [0.5, 0.6) is 0 Å². The first-order valence-electron chi connectivity index (χ1n) is 3.23. The maximum absolute atomic E-state index is 5.61. The second-order valence-electron chi connectivity index (χ2n) is 2.08. The number of rotatable bonds is 1. The van der Waals surface area contributed by atoms with Gasteiger partial charge >= 0.3 is 0 Å². The van der Waals surface area contributed by atoms with Gasteiger partial charge in [0.15, 0.2) is 0 Å². The molecule has 50 valence electrons. The Morgan fingerprint density at radius 3 is 3.00 bits per heavy atom. The van der Waals surface area contributed by atoms with E-state index < -0.39 is 0 Å². The molecule has 2 heteroatoms. The Morgan fingerprint density at radius 1 is 1.78 bits per heavy atom. The molecule has 0 aliphatic carbocycles. The van der Waals surface area contributed by atoms with E-state index in [2.05, 4.69) is 24.4 Å². The lowest BCUT2D eigenvalue weighted by atomic mass is 10.1. The van der Waals surface area contributed by atoms with Gasteiger partial charge in [0.1, 0.15) is 0 Å². The predicted molar refractivity (Wildman–Crippen MR) is 38.6 cm³/mol. The minimum atomic E-state index is 0.833. The Kier molecular flexibility index (Phi) is 1.78. The third-order valence-electron chi connectivity index (χ3n) is 1.46. The molecule has 0 fully saturated rings. The molecule has 0 aromatic carbocycles. The van der Waals surface area contributed by atoms with Crippen molar-refractivity contribution in [3.05, 3.63) is 23.5 Å². The van der Waals surface area contributed by atoms with E-state index >= 15 is 0 Å². The summed E-state index contributed by atoms with van der Waals surface area (Å²) >= 11 is 0. The van der Waals surface area contributed by atoms with Gasteiger partial charge in [0.05, 0.1) is 5.82 Å². The minimum absolute atomic E-state index is 0.833. The number of hydrogen-bond acceptors (Lipinski definition) is 2. The van der Waals surface area contributed by atoms with Crippen LogP contribution in [0, 0.1) is 0 Å². The lowest BCUT2D eigenvalue weighted by Gasteiger charge is -2.11. The number of nitrogens with one attached hydrogen (secondary N) is 1. The summed E-state index contributed by atoms with van der Waals surface area (Å²) in [6.07, 6.45) is 5.16. The molecule has 1 rings (SSSR count). The van der Waals surface area contributed by atoms with E-state index in [0.29, 0.717) is 0 Å². The number of hydrogen-bond donors (Lipinski definition) is 2. The maximum Gasteiger partial charge on any atom is 0.0995 e. The highest BCUT2D eigenvalue weighted by molar-refractivity contribution is 5.26. The fourth-order valence-electron chi connectivity index (χ4n) is 0.882. The fourth-order valence-corrected chi connectivity index (χ4v) is 0.882. The van der Waals surface area contributed by atoms with Gasteiger partial charge in [0, 0.05) is 6.54 Å². The van der Waals surface area contributed by atoms with Crippen molar-refractivity contribution in [2.75, 3.05) is 6.54 Å². The predicted octanol–water partition coefficient (Wildman–Crippen LogP) is 0.726. The Balaban J connectivity index is 2.72. The molecule has 0 bridgehead atoms. The van der Waals surface area contributed by atoms with E-state index in [1.165, 1.54) is 5.57 Å². The zero-order valence-corrected chi connectivity index (χ0v) is 5.65. The van der Waals surface area contributed by atoms with Crippen molar-refractivity contribution < 1.29 is 0 Å². The lowest BCUT2D eigenvalue weighted by molar-refractivity contribution is 0.837. The van der Waals surface area contributed by atoms with Gasteiger partial charge < -0.3 is 11.1 Å². The average molecular weight is 124 g/mol. The van der Waals surface area contributed by atoms with E-state index in [-0.39, 0.29) is 0 Å². The summed E-state index contributed by atoms with van der Waals surface area (Å²) in [5.41, 5.74) is 6.82. The third-order valence-corrected chi connectivity index (χ3v) is 1.46. The zero-order valence-electron chi connectivity index (χ0n) is 5.65. The highest BCUT2D eigenvalue weighted by Gasteiger charge is 1.99. The Bertz CT molecular complexity index is 156. The second kappa shape index (κ2) is 2.58. The van der Waals surface area contributed by atoms with Crippen LogP contribution in [0.25, 0.3) is 0 Å². The normalized spacial score (nSPS) is 17.9. The molecular weight excluding hydrogens is 112 g/mol. The van der Waals surface area contributed by atoms with Crippen LogP contribution < -0.4 is 11.1 Å². The topological polar surface area (TPSA) is 38.0 Å². The molecule has 0 aromatic heterocycles. The quantitative estimate of drug-likeness (QED) is 0.540. The van der Waals surface area contributed by atoms with Crippen LogP contribution >= 0.6 is 0 Å². The molecule has 0 aromatic rings. The van der Waals surface area contributed by atoms with Crippen molar-refractivity contribution in [3.63, 3.8) is 0 Å². The second-order valence-corrected chi connectivity index (χ2v) is 2.08. The van der Waals surface area contributed by atoms with Crippen LogP contribution in [-0.2, 0) is 0 Å². The van der Waals surface area contributed by atoms with E-state index in [1.807, 2.05) is 0 Å². The molecule has 1 aliphatic heterocycles. The van der Waals surface area contributed by atoms with Crippen LogP contribution in [0.3, 0.4) is 0 Å². The Hall–Kier alpha value is -0.920. The largest absolute Gasteiger partial charge is 0.385 e. The van der Waals surface area contributed by atoms with Crippen molar-refractivity contribution in [2.45, 2.75) is 13.3 Å². The monoisotopic (exact) mass is 124 g/mol. The molecule has 9 heavy (non-hydrogen) atoms. The number of nitrogens with two attached hydrogens (primary N) is 1. The summed E-state index contributed by atoms with van der Waals surface area (Å²) in [4.78, 5) is 0. The molecular formula is C7H12N2.